The Labute approximate surface area is 270 Å². The van der Waals surface area contributed by atoms with E-state index in [1.807, 2.05) is 51.1 Å². The fourth-order valence-electron chi connectivity index (χ4n) is 5.33. The van der Waals surface area contributed by atoms with Gasteiger partial charge in [0.05, 0.1) is 18.3 Å². The van der Waals surface area contributed by atoms with E-state index in [1.165, 1.54) is 0 Å². The van der Waals surface area contributed by atoms with Gasteiger partial charge in [-0.3, -0.25) is 4.79 Å². The molecule has 5 N–H and O–H groups in total. The fraction of sp³-hybridized carbons (Fsp3) is 0.750. The van der Waals surface area contributed by atoms with E-state index in [2.05, 4.69) is 5.32 Å². The molecule has 2 aliphatic heterocycles. The summed E-state index contributed by atoms with van der Waals surface area (Å²) >= 11 is 0. The van der Waals surface area contributed by atoms with Gasteiger partial charge in [0.15, 0.2) is 6.29 Å². The number of aliphatic hydroxyl groups is 4. The van der Waals surface area contributed by atoms with Crippen molar-refractivity contribution in [3.63, 3.8) is 0 Å². The van der Waals surface area contributed by atoms with Crippen LogP contribution in [0.3, 0.4) is 0 Å². The Bertz CT molecular complexity index is 1040. The molecule has 1 amide bonds. The van der Waals surface area contributed by atoms with Crippen molar-refractivity contribution < 1.29 is 63.2 Å². The number of amides is 1. The lowest BCUT2D eigenvalue weighted by Crippen LogP contribution is -2.59. The van der Waals surface area contributed by atoms with Gasteiger partial charge >= 0.3 is 6.16 Å². The van der Waals surface area contributed by atoms with E-state index in [9.17, 15) is 30.0 Å². The van der Waals surface area contributed by atoms with Crippen molar-refractivity contribution >= 4 is 12.1 Å². The van der Waals surface area contributed by atoms with E-state index in [0.29, 0.717) is 32.2 Å². The van der Waals surface area contributed by atoms with Gasteiger partial charge in [0.1, 0.15) is 55.9 Å². The Morgan fingerprint density at radius 3 is 2.30 bits per heavy atom. The maximum absolute atomic E-state index is 12.3. The second-order valence-corrected chi connectivity index (χ2v) is 12.5. The molecular formula is C32H51NO13. The Kier molecular flexibility index (Phi) is 15.6. The summed E-state index contributed by atoms with van der Waals surface area (Å²) in [6.45, 7) is 5.85. The second kappa shape index (κ2) is 18.8. The molecule has 46 heavy (non-hydrogen) atoms. The van der Waals surface area contributed by atoms with Crippen LogP contribution in [0.4, 0.5) is 4.79 Å². The van der Waals surface area contributed by atoms with Gasteiger partial charge in [-0.2, -0.15) is 0 Å². The molecule has 0 bridgehead atoms. The van der Waals surface area contributed by atoms with Crippen LogP contribution in [0, 0.1) is 0 Å². The van der Waals surface area contributed by atoms with Crippen LogP contribution in [0.2, 0.25) is 0 Å². The van der Waals surface area contributed by atoms with Gasteiger partial charge in [-0.25, -0.2) is 4.79 Å². The van der Waals surface area contributed by atoms with Gasteiger partial charge in [0, 0.05) is 26.7 Å². The molecule has 1 aromatic rings. The van der Waals surface area contributed by atoms with Crippen LogP contribution in [0.15, 0.2) is 30.3 Å². The zero-order chi connectivity index (χ0) is 33.7. The van der Waals surface area contributed by atoms with Crippen LogP contribution in [0.25, 0.3) is 0 Å². The van der Waals surface area contributed by atoms with Crippen LogP contribution >= 0.6 is 0 Å². The molecule has 0 saturated carbocycles. The van der Waals surface area contributed by atoms with Crippen LogP contribution in [0.1, 0.15) is 58.4 Å². The van der Waals surface area contributed by atoms with Crippen molar-refractivity contribution in [2.24, 2.45) is 0 Å². The summed E-state index contributed by atoms with van der Waals surface area (Å²) in [5.74, 6) is -0.127. The molecule has 1 unspecified atom stereocenters. The first-order valence-electron chi connectivity index (χ1n) is 15.8. The first kappa shape index (κ1) is 38.1. The third-order valence-electron chi connectivity index (χ3n) is 7.65. The molecular weight excluding hydrogens is 606 g/mol. The summed E-state index contributed by atoms with van der Waals surface area (Å²) in [4.78, 5) is 24.6. The lowest BCUT2D eigenvalue weighted by Gasteiger charge is -2.39. The van der Waals surface area contributed by atoms with Crippen LogP contribution < -0.4 is 5.32 Å². The summed E-state index contributed by atoms with van der Waals surface area (Å²) < 4.78 is 39.6. The molecule has 14 nitrogen and oxygen atoms in total. The van der Waals surface area contributed by atoms with E-state index in [4.69, 9.17) is 33.2 Å². The predicted octanol–water partition coefficient (Wildman–Crippen LogP) is 1.19. The Morgan fingerprint density at radius 1 is 0.891 bits per heavy atom. The van der Waals surface area contributed by atoms with Gasteiger partial charge in [0.2, 0.25) is 5.91 Å². The van der Waals surface area contributed by atoms with Gasteiger partial charge in [0.25, 0.3) is 0 Å². The largest absolute Gasteiger partial charge is 0.508 e. The van der Waals surface area contributed by atoms with Gasteiger partial charge in [-0.05, 0) is 52.0 Å². The molecule has 1 aromatic carbocycles. The lowest BCUT2D eigenvalue weighted by atomic mass is 9.99. The number of carbonyl (C=O) groups excluding carboxylic acids is 2. The van der Waals surface area contributed by atoms with Crippen molar-refractivity contribution in [2.75, 3.05) is 33.5 Å². The van der Waals surface area contributed by atoms with Crippen LogP contribution in [-0.4, -0.2) is 127 Å². The lowest BCUT2D eigenvalue weighted by molar-refractivity contribution is -0.301. The number of ether oxygens (including phenoxy) is 7. The summed E-state index contributed by atoms with van der Waals surface area (Å²) in [5.41, 5.74) is 0.345. The number of aliphatic hydroxyl groups excluding tert-OH is 4. The minimum absolute atomic E-state index is 0.0679. The number of hydrogen-bond donors (Lipinski definition) is 5. The molecule has 0 aliphatic carbocycles. The molecule has 3 rings (SSSR count). The summed E-state index contributed by atoms with van der Waals surface area (Å²) in [6, 6.07) is 9.30. The van der Waals surface area contributed by atoms with Crippen LogP contribution in [-0.2, 0) is 44.6 Å². The minimum atomic E-state index is -1.50. The summed E-state index contributed by atoms with van der Waals surface area (Å²) in [6.07, 6.45) is -6.78. The van der Waals surface area contributed by atoms with Crippen molar-refractivity contribution in [3.05, 3.63) is 35.9 Å². The molecule has 14 heteroatoms. The third-order valence-corrected chi connectivity index (χ3v) is 7.65. The van der Waals surface area contributed by atoms with Crippen molar-refractivity contribution in [1.29, 1.82) is 0 Å². The molecule has 2 fully saturated rings. The maximum atomic E-state index is 12.3. The SMILES string of the molecule is CO[C@H]1C(OC(C)(C)C)[C@@H](COC(=O)OCc2ccccc2)O[C@H]1CCCNC(=O)CCCCO[C@H]1O[C@H](CO)[C@@H](O)[C@H](O)[C@@H]1O. The maximum Gasteiger partial charge on any atom is 0.508 e. The Balaban J connectivity index is 1.36. The van der Waals surface area contributed by atoms with Crippen molar-refractivity contribution in [3.8, 4) is 0 Å². The van der Waals surface area contributed by atoms with Crippen molar-refractivity contribution in [1.82, 2.24) is 5.32 Å². The second-order valence-electron chi connectivity index (χ2n) is 12.5. The highest BCUT2D eigenvalue weighted by Gasteiger charge is 2.47. The molecule has 9 atom stereocenters. The highest BCUT2D eigenvalue weighted by atomic mass is 16.7. The highest BCUT2D eigenvalue weighted by Crippen LogP contribution is 2.32. The first-order valence-corrected chi connectivity index (χ1v) is 15.8. The van der Waals surface area contributed by atoms with Gasteiger partial charge < -0.3 is 58.9 Å². The Morgan fingerprint density at radius 2 is 1.63 bits per heavy atom. The molecule has 0 radical (unpaired) electrons. The molecule has 2 heterocycles. The van der Waals surface area contributed by atoms with Crippen LogP contribution in [0.5, 0.6) is 0 Å². The normalized spacial score (nSPS) is 29.8. The first-order chi connectivity index (χ1) is 21.9. The Hall–Kier alpha value is -2.40. The van der Waals surface area contributed by atoms with E-state index in [1.54, 1.807) is 7.11 Å². The standard InChI is InChI=1S/C32H51NO13/c1-32(2,3)46-29-23(19-43-31(39)42-18-20-11-6-5-7-12-20)44-21(28(29)40-4)13-10-15-33-24(35)14-8-9-16-41-30-27(38)26(37)25(36)22(17-34)45-30/h5-7,11-12,21-23,25-30,34,36-38H,8-10,13-19H2,1-4H3,(H,33,35)/t21-,22+,23+,25+,26-,27-,28+,29?,30-/m0/s1. The summed E-state index contributed by atoms with van der Waals surface area (Å²) in [7, 11) is 1.58. The zero-order valence-corrected chi connectivity index (χ0v) is 27.1. The fourth-order valence-corrected chi connectivity index (χ4v) is 5.33. The van der Waals surface area contributed by atoms with E-state index < -0.39 is 67.4 Å². The smallest absolute Gasteiger partial charge is 0.431 e. The van der Waals surface area contributed by atoms with E-state index >= 15 is 0 Å². The molecule has 2 aliphatic rings. The number of nitrogens with one attached hydrogen (secondary N) is 1. The number of methoxy groups -OCH3 is 1. The minimum Gasteiger partial charge on any atom is -0.431 e. The molecule has 0 spiro atoms. The van der Waals surface area contributed by atoms with E-state index in [-0.39, 0.29) is 38.3 Å². The monoisotopic (exact) mass is 657 g/mol. The quantitative estimate of drug-likeness (QED) is 0.119. The topological polar surface area (TPSA) is 192 Å². The predicted molar refractivity (Wildman–Crippen MR) is 162 cm³/mol. The van der Waals surface area contributed by atoms with Gasteiger partial charge in [-0.15, -0.1) is 0 Å². The number of hydrogen-bond acceptors (Lipinski definition) is 13. The molecule has 2 saturated heterocycles. The van der Waals surface area contributed by atoms with Crippen molar-refractivity contribution in [2.45, 2.75) is 120 Å². The number of carbonyl (C=O) groups is 2. The van der Waals surface area contributed by atoms with E-state index in [0.717, 1.165) is 5.56 Å². The third kappa shape index (κ3) is 12.0. The molecule has 262 valence electrons. The number of rotatable bonds is 17. The van der Waals surface area contributed by atoms with Gasteiger partial charge in [-0.1, -0.05) is 30.3 Å². The average molecular weight is 658 g/mol. The average Bonchev–Trinajstić information content (AvgIpc) is 3.35. The zero-order valence-electron chi connectivity index (χ0n) is 27.1. The number of benzene rings is 1. The summed E-state index contributed by atoms with van der Waals surface area (Å²) in [5, 5.41) is 41.9. The highest BCUT2D eigenvalue weighted by molar-refractivity contribution is 5.75. The number of unbranched alkanes of at least 4 members (excludes halogenated alkanes) is 1. The molecule has 0 aromatic heterocycles.